The summed E-state index contributed by atoms with van der Waals surface area (Å²) in [6.45, 7) is 5.88. The Hall–Kier alpha value is -1.82. The van der Waals surface area contributed by atoms with Crippen LogP contribution in [0.3, 0.4) is 0 Å². The van der Waals surface area contributed by atoms with Gasteiger partial charge in [0.25, 0.3) is 0 Å². The minimum atomic E-state index is 0.598. The Morgan fingerprint density at radius 1 is 1.44 bits per heavy atom. The summed E-state index contributed by atoms with van der Waals surface area (Å²) in [4.78, 5) is 4.42. The van der Waals surface area contributed by atoms with Crippen LogP contribution in [0.5, 0.6) is 0 Å². The van der Waals surface area contributed by atoms with Crippen LogP contribution in [-0.4, -0.2) is 28.4 Å². The molecule has 0 spiro atoms. The van der Waals surface area contributed by atoms with Crippen molar-refractivity contribution in [2.45, 2.75) is 26.9 Å². The first-order valence-corrected chi connectivity index (χ1v) is 5.88. The Morgan fingerprint density at radius 2 is 2.28 bits per heavy atom. The summed E-state index contributed by atoms with van der Waals surface area (Å²) < 4.78 is 12.1. The van der Waals surface area contributed by atoms with Crippen molar-refractivity contribution in [3.05, 3.63) is 29.4 Å². The summed E-state index contributed by atoms with van der Waals surface area (Å²) in [5.41, 5.74) is 1.84. The van der Waals surface area contributed by atoms with Gasteiger partial charge in [-0.3, -0.25) is 0 Å². The highest BCUT2D eigenvalue weighted by molar-refractivity contribution is 5.29. The maximum Gasteiger partial charge on any atom is 0.203 e. The topological polar surface area (TPSA) is 65.1 Å². The first kappa shape index (κ1) is 12.6. The number of nitrogens with zero attached hydrogens (tertiary/aromatic N) is 3. The van der Waals surface area contributed by atoms with Gasteiger partial charge in [-0.2, -0.15) is 0 Å². The average molecular weight is 250 g/mol. The molecule has 2 aromatic rings. The third-order valence-corrected chi connectivity index (χ3v) is 2.54. The lowest BCUT2D eigenvalue weighted by Gasteiger charge is -2.07. The second-order valence-electron chi connectivity index (χ2n) is 4.17. The first-order valence-electron chi connectivity index (χ1n) is 5.88. The van der Waals surface area contributed by atoms with Crippen molar-refractivity contribution in [2.75, 3.05) is 19.0 Å². The maximum absolute atomic E-state index is 5.07. The summed E-state index contributed by atoms with van der Waals surface area (Å²) in [6, 6.07) is 1.91. The number of aromatic nitrogens is 3. The molecule has 0 radical (unpaired) electrons. The normalized spacial score (nSPS) is 10.8. The Morgan fingerprint density at radius 3 is 2.94 bits per heavy atom. The summed E-state index contributed by atoms with van der Waals surface area (Å²) in [6.07, 6.45) is 2.00. The van der Waals surface area contributed by atoms with E-state index in [9.17, 15) is 0 Å². The molecule has 0 amide bonds. The van der Waals surface area contributed by atoms with Crippen LogP contribution in [-0.2, 0) is 17.8 Å². The molecule has 0 aliphatic heterocycles. The first-order chi connectivity index (χ1) is 8.69. The van der Waals surface area contributed by atoms with E-state index in [1.165, 1.54) is 0 Å². The summed E-state index contributed by atoms with van der Waals surface area (Å²) in [5, 5.41) is 7.18. The minimum Gasteiger partial charge on any atom is -0.383 e. The summed E-state index contributed by atoms with van der Waals surface area (Å²) >= 11 is 0. The van der Waals surface area contributed by atoms with Crippen LogP contribution in [0.2, 0.25) is 0 Å². The van der Waals surface area contributed by atoms with Gasteiger partial charge >= 0.3 is 0 Å². The van der Waals surface area contributed by atoms with E-state index in [0.29, 0.717) is 13.2 Å². The highest BCUT2D eigenvalue weighted by Crippen LogP contribution is 2.10. The van der Waals surface area contributed by atoms with Gasteiger partial charge in [0.05, 0.1) is 18.8 Å². The molecule has 0 saturated heterocycles. The second kappa shape index (κ2) is 5.68. The van der Waals surface area contributed by atoms with Gasteiger partial charge < -0.3 is 19.1 Å². The summed E-state index contributed by atoms with van der Waals surface area (Å²) in [5.74, 6) is 1.64. The van der Waals surface area contributed by atoms with E-state index in [2.05, 4.69) is 15.5 Å². The molecular formula is C12H18N4O2. The number of anilines is 1. The molecule has 0 fully saturated rings. The molecule has 0 atom stereocenters. The van der Waals surface area contributed by atoms with Crippen molar-refractivity contribution in [1.82, 2.24) is 14.7 Å². The fraction of sp³-hybridized carbons (Fsp3) is 0.500. The zero-order valence-electron chi connectivity index (χ0n) is 10.9. The standard InChI is InChI=1S/C12H18N4O2/c1-9-8-16(4-5-17-3)12(14-9)13-7-11-6-10(2)18-15-11/h6,8H,4-5,7H2,1-3H3,(H,13,14). The van der Waals surface area contributed by atoms with Gasteiger partial charge in [-0.25, -0.2) is 4.98 Å². The molecule has 2 rings (SSSR count). The summed E-state index contributed by atoms with van der Waals surface area (Å²) in [7, 11) is 1.69. The van der Waals surface area contributed by atoms with E-state index in [-0.39, 0.29) is 0 Å². The van der Waals surface area contributed by atoms with Gasteiger partial charge in [0.2, 0.25) is 5.95 Å². The van der Waals surface area contributed by atoms with E-state index in [0.717, 1.165) is 29.6 Å². The average Bonchev–Trinajstić information content (AvgIpc) is 2.90. The van der Waals surface area contributed by atoms with Gasteiger partial charge in [-0.05, 0) is 13.8 Å². The number of rotatable bonds is 6. The lowest BCUT2D eigenvalue weighted by Crippen LogP contribution is -2.10. The zero-order valence-corrected chi connectivity index (χ0v) is 10.9. The lowest BCUT2D eigenvalue weighted by atomic mass is 10.4. The molecule has 0 aliphatic carbocycles. The Labute approximate surface area is 106 Å². The molecule has 1 N–H and O–H groups in total. The quantitative estimate of drug-likeness (QED) is 0.846. The largest absolute Gasteiger partial charge is 0.383 e. The SMILES string of the molecule is COCCn1cc(C)nc1NCc1cc(C)on1. The molecule has 0 bridgehead atoms. The Balaban J connectivity index is 1.99. The number of aryl methyl sites for hydroxylation is 2. The molecule has 0 aliphatic rings. The molecule has 18 heavy (non-hydrogen) atoms. The molecule has 6 heteroatoms. The monoisotopic (exact) mass is 250 g/mol. The van der Waals surface area contributed by atoms with Crippen LogP contribution >= 0.6 is 0 Å². The van der Waals surface area contributed by atoms with Crippen molar-refractivity contribution in [1.29, 1.82) is 0 Å². The lowest BCUT2D eigenvalue weighted by molar-refractivity contribution is 0.187. The van der Waals surface area contributed by atoms with E-state index in [1.54, 1.807) is 7.11 Å². The molecule has 0 saturated carbocycles. The smallest absolute Gasteiger partial charge is 0.203 e. The van der Waals surface area contributed by atoms with Crippen LogP contribution < -0.4 is 5.32 Å². The fourth-order valence-corrected chi connectivity index (χ4v) is 1.72. The molecule has 0 unspecified atom stereocenters. The molecule has 6 nitrogen and oxygen atoms in total. The predicted octanol–water partition coefficient (Wildman–Crippen LogP) is 1.75. The number of imidazole rings is 1. The van der Waals surface area contributed by atoms with Crippen LogP contribution in [0.15, 0.2) is 16.8 Å². The predicted molar refractivity (Wildman–Crippen MR) is 67.4 cm³/mol. The van der Waals surface area contributed by atoms with Crippen LogP contribution in [0.4, 0.5) is 5.95 Å². The molecule has 2 heterocycles. The molecule has 2 aromatic heterocycles. The number of nitrogens with one attached hydrogen (secondary N) is 1. The number of hydrogen-bond acceptors (Lipinski definition) is 5. The molecule has 0 aromatic carbocycles. The third kappa shape index (κ3) is 3.10. The van der Waals surface area contributed by atoms with Gasteiger partial charge in [0.1, 0.15) is 11.5 Å². The van der Waals surface area contributed by atoms with Crippen molar-refractivity contribution < 1.29 is 9.26 Å². The van der Waals surface area contributed by atoms with E-state index < -0.39 is 0 Å². The molecule has 98 valence electrons. The van der Waals surface area contributed by atoms with Crippen LogP contribution in [0, 0.1) is 13.8 Å². The van der Waals surface area contributed by atoms with E-state index >= 15 is 0 Å². The van der Waals surface area contributed by atoms with Crippen molar-refractivity contribution in [3.63, 3.8) is 0 Å². The second-order valence-corrected chi connectivity index (χ2v) is 4.17. The van der Waals surface area contributed by atoms with Crippen LogP contribution in [0.25, 0.3) is 0 Å². The fourth-order valence-electron chi connectivity index (χ4n) is 1.72. The number of hydrogen-bond donors (Lipinski definition) is 1. The van der Waals surface area contributed by atoms with E-state index in [4.69, 9.17) is 9.26 Å². The maximum atomic E-state index is 5.07. The number of ether oxygens (including phenoxy) is 1. The highest BCUT2D eigenvalue weighted by Gasteiger charge is 2.06. The zero-order chi connectivity index (χ0) is 13.0. The Bertz CT molecular complexity index is 504. The van der Waals surface area contributed by atoms with Gasteiger partial charge in [0.15, 0.2) is 0 Å². The van der Waals surface area contributed by atoms with Crippen molar-refractivity contribution in [3.8, 4) is 0 Å². The minimum absolute atomic E-state index is 0.598. The van der Waals surface area contributed by atoms with Crippen molar-refractivity contribution in [2.24, 2.45) is 0 Å². The number of methoxy groups -OCH3 is 1. The highest BCUT2D eigenvalue weighted by atomic mass is 16.5. The van der Waals surface area contributed by atoms with Gasteiger partial charge in [-0.1, -0.05) is 5.16 Å². The molecular weight excluding hydrogens is 232 g/mol. The van der Waals surface area contributed by atoms with Crippen molar-refractivity contribution >= 4 is 5.95 Å². The Kier molecular flexibility index (Phi) is 3.99. The van der Waals surface area contributed by atoms with E-state index in [1.807, 2.05) is 30.7 Å². The van der Waals surface area contributed by atoms with Crippen LogP contribution in [0.1, 0.15) is 17.1 Å². The van der Waals surface area contributed by atoms with Gasteiger partial charge in [-0.15, -0.1) is 0 Å². The third-order valence-electron chi connectivity index (χ3n) is 2.54. The van der Waals surface area contributed by atoms with Gasteiger partial charge in [0, 0.05) is 25.9 Å².